The zero-order chi connectivity index (χ0) is 10.8. The van der Waals surface area contributed by atoms with Crippen molar-refractivity contribution >= 4 is 16.6 Å². The second-order valence-corrected chi connectivity index (χ2v) is 3.37. The Morgan fingerprint density at radius 2 is 1.80 bits per heavy atom. The molecule has 2 heteroatoms. The summed E-state index contributed by atoms with van der Waals surface area (Å²) in [7, 11) is 0. The van der Waals surface area contributed by atoms with E-state index in [2.05, 4.69) is 6.07 Å². The number of fused-ring (bicyclic) bond motifs is 1. The van der Waals surface area contributed by atoms with Crippen LogP contribution in [0, 0.1) is 11.3 Å². The number of Topliss-reactive ketones (excluding diaryl/α,β-unsaturated/α-hetero) is 1. The van der Waals surface area contributed by atoms with Crippen molar-refractivity contribution in [2.75, 3.05) is 0 Å². The second-order valence-electron chi connectivity index (χ2n) is 3.37. The van der Waals surface area contributed by atoms with Crippen molar-refractivity contribution < 1.29 is 4.79 Å². The van der Waals surface area contributed by atoms with Crippen molar-refractivity contribution in [3.8, 4) is 6.07 Å². The number of carbonyl (C=O) groups excluding carboxylic acids is 1. The maximum atomic E-state index is 11.4. The summed E-state index contributed by atoms with van der Waals surface area (Å²) in [6, 6.07) is 13.0. The van der Waals surface area contributed by atoms with Gasteiger partial charge in [-0.3, -0.25) is 4.79 Å². The van der Waals surface area contributed by atoms with Gasteiger partial charge in [0.25, 0.3) is 0 Å². The smallest absolute Gasteiger partial charge is 0.160 e. The molecule has 0 heterocycles. The summed E-state index contributed by atoms with van der Waals surface area (Å²) in [6.45, 7) is 1.54. The van der Waals surface area contributed by atoms with Crippen molar-refractivity contribution in [1.29, 1.82) is 5.26 Å². The van der Waals surface area contributed by atoms with Crippen molar-refractivity contribution in [2.45, 2.75) is 6.92 Å². The van der Waals surface area contributed by atoms with Crippen LogP contribution < -0.4 is 0 Å². The number of carbonyl (C=O) groups is 1. The standard InChI is InChI=1S/C13H9NO/c1-9(15)11-7-6-10(8-14)12-4-2-3-5-13(11)12/h2-7H,1H3. The molecule has 15 heavy (non-hydrogen) atoms. The average Bonchev–Trinajstić information content (AvgIpc) is 2.27. The van der Waals surface area contributed by atoms with Gasteiger partial charge in [-0.2, -0.15) is 5.26 Å². The number of nitrogens with zero attached hydrogens (tertiary/aromatic N) is 1. The molecule has 2 aromatic carbocycles. The van der Waals surface area contributed by atoms with Crippen molar-refractivity contribution in [1.82, 2.24) is 0 Å². The average molecular weight is 195 g/mol. The Labute approximate surface area is 87.8 Å². The molecule has 2 nitrogen and oxygen atoms in total. The third-order valence-electron chi connectivity index (χ3n) is 2.42. The van der Waals surface area contributed by atoms with E-state index in [1.807, 2.05) is 24.3 Å². The lowest BCUT2D eigenvalue weighted by molar-refractivity contribution is 0.101. The number of hydrogen-bond acceptors (Lipinski definition) is 2. The molecule has 0 unspecified atom stereocenters. The summed E-state index contributed by atoms with van der Waals surface area (Å²) in [5.74, 6) is 0.0238. The van der Waals surface area contributed by atoms with Crippen LogP contribution in [0.4, 0.5) is 0 Å². The molecule has 0 N–H and O–H groups in total. The van der Waals surface area contributed by atoms with Gasteiger partial charge in [-0.15, -0.1) is 0 Å². The topological polar surface area (TPSA) is 40.9 Å². The lowest BCUT2D eigenvalue weighted by Gasteiger charge is -2.04. The predicted octanol–water partition coefficient (Wildman–Crippen LogP) is 2.91. The van der Waals surface area contributed by atoms with Crippen LogP contribution in [0.25, 0.3) is 10.8 Å². The SMILES string of the molecule is CC(=O)c1ccc(C#N)c2ccccc12. The Morgan fingerprint density at radius 3 is 2.40 bits per heavy atom. The van der Waals surface area contributed by atoms with E-state index < -0.39 is 0 Å². The van der Waals surface area contributed by atoms with Crippen LogP contribution in [-0.2, 0) is 0 Å². The minimum atomic E-state index is 0.0238. The normalized spacial score (nSPS) is 9.87. The van der Waals surface area contributed by atoms with Gasteiger partial charge in [0.05, 0.1) is 11.6 Å². The van der Waals surface area contributed by atoms with Gasteiger partial charge >= 0.3 is 0 Å². The van der Waals surface area contributed by atoms with Crippen molar-refractivity contribution in [2.24, 2.45) is 0 Å². The second kappa shape index (κ2) is 3.55. The molecular weight excluding hydrogens is 186 g/mol. The lowest BCUT2D eigenvalue weighted by Crippen LogP contribution is -1.94. The first-order chi connectivity index (χ1) is 7.24. The molecule has 0 aliphatic carbocycles. The van der Waals surface area contributed by atoms with E-state index in [4.69, 9.17) is 5.26 Å². The molecule has 0 aromatic heterocycles. The maximum Gasteiger partial charge on any atom is 0.160 e. The zero-order valence-corrected chi connectivity index (χ0v) is 8.32. The Kier molecular flexibility index (Phi) is 2.23. The fourth-order valence-electron chi connectivity index (χ4n) is 1.70. The van der Waals surface area contributed by atoms with Gasteiger partial charge in [0, 0.05) is 10.9 Å². The minimum absolute atomic E-state index is 0.0238. The third-order valence-corrected chi connectivity index (χ3v) is 2.42. The van der Waals surface area contributed by atoms with E-state index in [1.165, 1.54) is 6.92 Å². The first kappa shape index (κ1) is 9.42. The summed E-state index contributed by atoms with van der Waals surface area (Å²) in [5, 5.41) is 10.6. The minimum Gasteiger partial charge on any atom is -0.294 e. The van der Waals surface area contributed by atoms with Crippen LogP contribution in [0.15, 0.2) is 36.4 Å². The van der Waals surface area contributed by atoms with Gasteiger partial charge in [-0.1, -0.05) is 24.3 Å². The van der Waals surface area contributed by atoms with Gasteiger partial charge in [0.2, 0.25) is 0 Å². The Morgan fingerprint density at radius 1 is 1.13 bits per heavy atom. The zero-order valence-electron chi connectivity index (χ0n) is 8.32. The molecule has 0 saturated heterocycles. The summed E-state index contributed by atoms with van der Waals surface area (Å²) in [4.78, 5) is 11.4. The number of nitriles is 1. The molecular formula is C13H9NO. The van der Waals surface area contributed by atoms with Crippen molar-refractivity contribution in [3.63, 3.8) is 0 Å². The lowest BCUT2D eigenvalue weighted by atomic mass is 9.98. The Balaban J connectivity index is 2.91. The highest BCUT2D eigenvalue weighted by Gasteiger charge is 2.07. The van der Waals surface area contributed by atoms with Crippen LogP contribution in [0.2, 0.25) is 0 Å². The highest BCUT2D eigenvalue weighted by molar-refractivity contribution is 6.08. The quantitative estimate of drug-likeness (QED) is 0.656. The fraction of sp³-hybridized carbons (Fsp3) is 0.0769. The summed E-state index contributed by atoms with van der Waals surface area (Å²) >= 11 is 0. The van der Waals surface area contributed by atoms with Gasteiger partial charge < -0.3 is 0 Å². The summed E-state index contributed by atoms with van der Waals surface area (Å²) < 4.78 is 0. The number of benzene rings is 2. The van der Waals surface area contributed by atoms with Crippen LogP contribution in [-0.4, -0.2) is 5.78 Å². The molecule has 0 spiro atoms. The molecule has 0 saturated carbocycles. The van der Waals surface area contributed by atoms with E-state index >= 15 is 0 Å². The number of hydrogen-bond donors (Lipinski definition) is 0. The highest BCUT2D eigenvalue weighted by Crippen LogP contribution is 2.22. The van der Waals surface area contributed by atoms with Crippen LogP contribution in [0.1, 0.15) is 22.8 Å². The number of ketones is 1. The molecule has 2 aromatic rings. The molecule has 0 aliphatic heterocycles. The largest absolute Gasteiger partial charge is 0.294 e. The maximum absolute atomic E-state index is 11.4. The summed E-state index contributed by atoms with van der Waals surface area (Å²) in [6.07, 6.45) is 0. The van der Waals surface area contributed by atoms with E-state index in [9.17, 15) is 4.79 Å². The Hall–Kier alpha value is -2.14. The van der Waals surface area contributed by atoms with Gasteiger partial charge in [0.15, 0.2) is 5.78 Å². The van der Waals surface area contributed by atoms with Crippen molar-refractivity contribution in [3.05, 3.63) is 47.5 Å². The van der Waals surface area contributed by atoms with E-state index in [0.29, 0.717) is 11.1 Å². The van der Waals surface area contributed by atoms with Crippen LogP contribution >= 0.6 is 0 Å². The van der Waals surface area contributed by atoms with Crippen LogP contribution in [0.5, 0.6) is 0 Å². The molecule has 0 bridgehead atoms. The molecule has 0 aliphatic rings. The van der Waals surface area contributed by atoms with Gasteiger partial charge in [-0.25, -0.2) is 0 Å². The van der Waals surface area contributed by atoms with E-state index in [0.717, 1.165) is 10.8 Å². The van der Waals surface area contributed by atoms with E-state index in [-0.39, 0.29) is 5.78 Å². The van der Waals surface area contributed by atoms with Gasteiger partial charge in [-0.05, 0) is 24.4 Å². The van der Waals surface area contributed by atoms with Crippen LogP contribution in [0.3, 0.4) is 0 Å². The first-order valence-corrected chi connectivity index (χ1v) is 4.67. The number of rotatable bonds is 1. The van der Waals surface area contributed by atoms with Gasteiger partial charge in [0.1, 0.15) is 0 Å². The third kappa shape index (κ3) is 1.49. The highest BCUT2D eigenvalue weighted by atomic mass is 16.1. The first-order valence-electron chi connectivity index (χ1n) is 4.67. The molecule has 0 amide bonds. The molecule has 72 valence electrons. The molecule has 2 rings (SSSR count). The fourth-order valence-corrected chi connectivity index (χ4v) is 1.70. The monoisotopic (exact) mass is 195 g/mol. The molecule has 0 fully saturated rings. The van der Waals surface area contributed by atoms with E-state index in [1.54, 1.807) is 12.1 Å². The predicted molar refractivity (Wildman–Crippen MR) is 58.7 cm³/mol. The Bertz CT molecular complexity index is 579. The molecule has 0 radical (unpaired) electrons. The summed E-state index contributed by atoms with van der Waals surface area (Å²) in [5.41, 5.74) is 1.28. The molecule has 0 atom stereocenters.